The first-order chi connectivity index (χ1) is 9.59. The summed E-state index contributed by atoms with van der Waals surface area (Å²) in [5, 5.41) is 2.96. The molecule has 0 aliphatic carbocycles. The molecule has 4 nitrogen and oxygen atoms in total. The van der Waals surface area contributed by atoms with Crippen LogP contribution in [0.5, 0.6) is 0 Å². The van der Waals surface area contributed by atoms with Gasteiger partial charge in [0.05, 0.1) is 6.61 Å². The highest BCUT2D eigenvalue weighted by atomic mass is 16.5. The van der Waals surface area contributed by atoms with E-state index in [1.54, 1.807) is 6.92 Å². The van der Waals surface area contributed by atoms with Gasteiger partial charge in [-0.1, -0.05) is 47.5 Å². The molecular formula is C17H33NO3. The van der Waals surface area contributed by atoms with Crippen molar-refractivity contribution in [3.8, 4) is 0 Å². The van der Waals surface area contributed by atoms with E-state index in [1.165, 1.54) is 0 Å². The third kappa shape index (κ3) is 8.08. The fourth-order valence-corrected chi connectivity index (χ4v) is 2.31. The molecule has 4 heteroatoms. The van der Waals surface area contributed by atoms with Gasteiger partial charge in [0.2, 0.25) is 5.91 Å². The van der Waals surface area contributed by atoms with Gasteiger partial charge in [-0.3, -0.25) is 9.59 Å². The second-order valence-electron chi connectivity index (χ2n) is 7.29. The van der Waals surface area contributed by atoms with Crippen molar-refractivity contribution in [2.45, 2.75) is 73.8 Å². The summed E-state index contributed by atoms with van der Waals surface area (Å²) in [4.78, 5) is 24.4. The minimum absolute atomic E-state index is 0.0792. The van der Waals surface area contributed by atoms with Crippen LogP contribution in [-0.2, 0) is 14.3 Å². The third-order valence-corrected chi connectivity index (χ3v) is 3.46. The summed E-state index contributed by atoms with van der Waals surface area (Å²) in [6.45, 7) is 14.1. The Labute approximate surface area is 130 Å². The van der Waals surface area contributed by atoms with E-state index in [0.717, 1.165) is 19.3 Å². The molecule has 21 heavy (non-hydrogen) atoms. The van der Waals surface area contributed by atoms with Crippen molar-refractivity contribution < 1.29 is 14.3 Å². The Morgan fingerprint density at radius 2 is 1.67 bits per heavy atom. The number of carbonyl (C=O) groups is 2. The molecule has 0 radical (unpaired) electrons. The summed E-state index contributed by atoms with van der Waals surface area (Å²) in [6, 6.07) is 0.0792. The Kier molecular flexibility index (Phi) is 8.60. The number of nitrogens with one attached hydrogen (secondary N) is 1. The number of carbonyl (C=O) groups excluding carboxylic acids is 2. The number of ether oxygens (including phenoxy) is 1. The summed E-state index contributed by atoms with van der Waals surface area (Å²) in [6.07, 6.45) is 3.17. The molecule has 0 bridgehead atoms. The normalized spacial score (nSPS) is 14.7. The van der Waals surface area contributed by atoms with Crippen LogP contribution >= 0.6 is 0 Å². The van der Waals surface area contributed by atoms with E-state index in [1.807, 2.05) is 27.7 Å². The van der Waals surface area contributed by atoms with Gasteiger partial charge in [-0.2, -0.15) is 0 Å². The molecule has 0 aromatic carbocycles. The van der Waals surface area contributed by atoms with Gasteiger partial charge < -0.3 is 10.1 Å². The predicted octanol–water partition coefficient (Wildman–Crippen LogP) is 3.54. The quantitative estimate of drug-likeness (QED) is 0.551. The van der Waals surface area contributed by atoms with E-state index >= 15 is 0 Å². The zero-order valence-electron chi connectivity index (χ0n) is 14.8. The lowest BCUT2D eigenvalue weighted by molar-refractivity contribution is -0.156. The molecule has 0 saturated carbocycles. The van der Waals surface area contributed by atoms with Crippen LogP contribution in [0, 0.1) is 17.3 Å². The van der Waals surface area contributed by atoms with Crippen LogP contribution in [0.1, 0.15) is 67.7 Å². The Morgan fingerprint density at radius 3 is 2.10 bits per heavy atom. The number of hydrogen-bond donors (Lipinski definition) is 1. The van der Waals surface area contributed by atoms with Crippen molar-refractivity contribution in [1.29, 1.82) is 0 Å². The van der Waals surface area contributed by atoms with Gasteiger partial charge in [0.25, 0.3) is 0 Å². The molecule has 0 aromatic heterocycles. The first-order valence-corrected chi connectivity index (χ1v) is 8.06. The largest absolute Gasteiger partial charge is 0.465 e. The summed E-state index contributed by atoms with van der Waals surface area (Å²) in [5.41, 5.74) is -0.450. The second-order valence-corrected chi connectivity index (χ2v) is 7.29. The van der Waals surface area contributed by atoms with E-state index in [4.69, 9.17) is 4.74 Å². The zero-order valence-corrected chi connectivity index (χ0v) is 14.8. The van der Waals surface area contributed by atoms with E-state index in [0.29, 0.717) is 12.5 Å². The molecular weight excluding hydrogens is 266 g/mol. The number of hydrogen-bond acceptors (Lipinski definition) is 3. The summed E-state index contributed by atoms with van der Waals surface area (Å²) in [5.74, 6) is -0.741. The lowest BCUT2D eigenvalue weighted by Crippen LogP contribution is -2.46. The van der Waals surface area contributed by atoms with Crippen LogP contribution in [0.3, 0.4) is 0 Å². The number of amides is 1. The highest BCUT2D eigenvalue weighted by molar-refractivity contribution is 5.98. The van der Waals surface area contributed by atoms with E-state index in [2.05, 4.69) is 19.2 Å². The molecule has 0 aromatic rings. The molecule has 0 aliphatic heterocycles. The average Bonchev–Trinajstić information content (AvgIpc) is 2.26. The molecule has 0 rings (SSSR count). The second kappa shape index (κ2) is 9.06. The van der Waals surface area contributed by atoms with Gasteiger partial charge >= 0.3 is 5.97 Å². The molecule has 1 N–H and O–H groups in total. The van der Waals surface area contributed by atoms with Gasteiger partial charge in [0.1, 0.15) is 5.92 Å². The summed E-state index contributed by atoms with van der Waals surface area (Å²) >= 11 is 0. The van der Waals surface area contributed by atoms with Crippen molar-refractivity contribution in [3.63, 3.8) is 0 Å². The standard InChI is InChI=1S/C17H33NO3/c1-8-21-16(20)14(17(5,6)7)15(19)18-13(4)11-9-10-12(2)3/h12-14H,8-11H2,1-7H3,(H,18,19). The Hall–Kier alpha value is -1.06. The fourth-order valence-electron chi connectivity index (χ4n) is 2.31. The Morgan fingerprint density at radius 1 is 1.10 bits per heavy atom. The fraction of sp³-hybridized carbons (Fsp3) is 0.882. The lowest BCUT2D eigenvalue weighted by Gasteiger charge is -2.29. The Balaban J connectivity index is 4.57. The van der Waals surface area contributed by atoms with Gasteiger partial charge in [-0.25, -0.2) is 0 Å². The minimum atomic E-state index is -0.759. The molecule has 0 heterocycles. The maximum atomic E-state index is 12.4. The van der Waals surface area contributed by atoms with Crippen molar-refractivity contribution >= 4 is 11.9 Å². The predicted molar refractivity (Wildman–Crippen MR) is 85.9 cm³/mol. The van der Waals surface area contributed by atoms with E-state index < -0.39 is 17.3 Å². The summed E-state index contributed by atoms with van der Waals surface area (Å²) < 4.78 is 5.05. The van der Waals surface area contributed by atoms with E-state index in [-0.39, 0.29) is 11.9 Å². The molecule has 0 fully saturated rings. The maximum Gasteiger partial charge on any atom is 0.319 e. The van der Waals surface area contributed by atoms with Crippen LogP contribution in [0.15, 0.2) is 0 Å². The van der Waals surface area contributed by atoms with Crippen molar-refractivity contribution in [2.75, 3.05) is 6.61 Å². The van der Waals surface area contributed by atoms with Crippen LogP contribution in [-0.4, -0.2) is 24.5 Å². The molecule has 0 aliphatic rings. The summed E-state index contributed by atoms with van der Waals surface area (Å²) in [7, 11) is 0. The van der Waals surface area contributed by atoms with Crippen molar-refractivity contribution in [1.82, 2.24) is 5.32 Å². The van der Waals surface area contributed by atoms with Gasteiger partial charge in [0.15, 0.2) is 0 Å². The molecule has 124 valence electrons. The van der Waals surface area contributed by atoms with E-state index in [9.17, 15) is 9.59 Å². The van der Waals surface area contributed by atoms with Crippen LogP contribution in [0.2, 0.25) is 0 Å². The minimum Gasteiger partial charge on any atom is -0.465 e. The average molecular weight is 299 g/mol. The highest BCUT2D eigenvalue weighted by Gasteiger charge is 2.39. The first-order valence-electron chi connectivity index (χ1n) is 8.06. The van der Waals surface area contributed by atoms with Gasteiger partial charge in [-0.05, 0) is 31.6 Å². The highest BCUT2D eigenvalue weighted by Crippen LogP contribution is 2.27. The SMILES string of the molecule is CCOC(=O)C(C(=O)NC(C)CCCC(C)C)C(C)(C)C. The van der Waals surface area contributed by atoms with Gasteiger partial charge in [0, 0.05) is 6.04 Å². The van der Waals surface area contributed by atoms with Crippen molar-refractivity contribution in [2.24, 2.45) is 17.3 Å². The lowest BCUT2D eigenvalue weighted by atomic mass is 9.80. The molecule has 1 amide bonds. The Bertz CT molecular complexity index is 331. The van der Waals surface area contributed by atoms with Crippen molar-refractivity contribution in [3.05, 3.63) is 0 Å². The smallest absolute Gasteiger partial charge is 0.319 e. The van der Waals surface area contributed by atoms with Crippen LogP contribution < -0.4 is 5.32 Å². The number of rotatable bonds is 8. The van der Waals surface area contributed by atoms with Crippen LogP contribution in [0.4, 0.5) is 0 Å². The van der Waals surface area contributed by atoms with Gasteiger partial charge in [-0.15, -0.1) is 0 Å². The first kappa shape index (κ1) is 19.9. The molecule has 0 saturated heterocycles. The zero-order chi connectivity index (χ0) is 16.6. The molecule has 2 atom stereocenters. The number of esters is 1. The van der Waals surface area contributed by atoms with Crippen LogP contribution in [0.25, 0.3) is 0 Å². The molecule has 0 spiro atoms. The topological polar surface area (TPSA) is 55.4 Å². The monoisotopic (exact) mass is 299 g/mol. The third-order valence-electron chi connectivity index (χ3n) is 3.46. The maximum absolute atomic E-state index is 12.4. The molecule has 2 unspecified atom stereocenters.